The smallest absolute Gasteiger partial charge is 0.366 e. The molecule has 0 saturated heterocycles. The van der Waals surface area contributed by atoms with Gasteiger partial charge in [0.1, 0.15) is 11.5 Å². The second-order valence-electron chi connectivity index (χ2n) is 5.01. The van der Waals surface area contributed by atoms with E-state index in [1.807, 2.05) is 0 Å². The van der Waals surface area contributed by atoms with Crippen LogP contribution in [0.25, 0.3) is 11.3 Å². The number of nitrogens with two attached hydrogens (primary N) is 1. The zero-order valence-electron chi connectivity index (χ0n) is 12.5. The lowest BCUT2D eigenvalue weighted by atomic mass is 10.1. The van der Waals surface area contributed by atoms with E-state index in [2.05, 4.69) is 15.3 Å². The zero-order valence-corrected chi connectivity index (χ0v) is 13.4. The number of halogens is 3. The highest BCUT2D eigenvalue weighted by Crippen LogP contribution is 2.30. The summed E-state index contributed by atoms with van der Waals surface area (Å²) in [5.74, 6) is -0.509. The van der Waals surface area contributed by atoms with E-state index in [9.17, 15) is 18.0 Å². The Balaban J connectivity index is 1.83. The van der Waals surface area contributed by atoms with Crippen molar-refractivity contribution in [2.24, 2.45) is 5.73 Å². The van der Waals surface area contributed by atoms with Crippen LogP contribution in [0.15, 0.2) is 47.8 Å². The Morgan fingerprint density at radius 1 is 1.12 bits per heavy atom. The molecule has 9 heteroatoms. The molecule has 0 bridgehead atoms. The molecule has 2 aromatic heterocycles. The average molecular weight is 364 g/mol. The Kier molecular flexibility index (Phi) is 4.41. The Hall–Kier alpha value is -2.94. The third-order valence-electron chi connectivity index (χ3n) is 3.22. The number of hydrogen-bond acceptors (Lipinski definition) is 5. The van der Waals surface area contributed by atoms with Gasteiger partial charge in [0.2, 0.25) is 5.91 Å². The minimum Gasteiger partial charge on any atom is -0.366 e. The van der Waals surface area contributed by atoms with E-state index in [-0.39, 0.29) is 5.82 Å². The van der Waals surface area contributed by atoms with Gasteiger partial charge in [0.15, 0.2) is 5.13 Å². The molecule has 0 fully saturated rings. The number of carbonyl (C=O) groups is 1. The maximum atomic E-state index is 12.7. The number of rotatable bonds is 4. The van der Waals surface area contributed by atoms with Crippen LogP contribution in [-0.4, -0.2) is 15.9 Å². The van der Waals surface area contributed by atoms with Gasteiger partial charge in [-0.25, -0.2) is 9.97 Å². The first-order valence-corrected chi connectivity index (χ1v) is 7.88. The first-order valence-electron chi connectivity index (χ1n) is 7.00. The SMILES string of the molecule is NC(=O)c1cccc(-c2csc(Nc3cccc(C(F)(F)F)n3)n2)c1. The molecule has 1 aromatic carbocycles. The van der Waals surface area contributed by atoms with Crippen LogP contribution in [0.4, 0.5) is 24.1 Å². The van der Waals surface area contributed by atoms with E-state index < -0.39 is 17.8 Å². The minimum atomic E-state index is -4.51. The van der Waals surface area contributed by atoms with Crippen molar-refractivity contribution in [1.82, 2.24) is 9.97 Å². The molecule has 0 aliphatic carbocycles. The van der Waals surface area contributed by atoms with E-state index >= 15 is 0 Å². The van der Waals surface area contributed by atoms with E-state index in [1.165, 1.54) is 23.5 Å². The second-order valence-corrected chi connectivity index (χ2v) is 5.87. The molecule has 0 atom stereocenters. The van der Waals surface area contributed by atoms with E-state index in [4.69, 9.17) is 5.73 Å². The fourth-order valence-electron chi connectivity index (χ4n) is 2.07. The van der Waals surface area contributed by atoms with Crippen molar-refractivity contribution in [1.29, 1.82) is 0 Å². The van der Waals surface area contributed by atoms with Crippen molar-refractivity contribution in [3.8, 4) is 11.3 Å². The average Bonchev–Trinajstić information content (AvgIpc) is 3.03. The summed E-state index contributed by atoms with van der Waals surface area (Å²) in [6.45, 7) is 0. The monoisotopic (exact) mass is 364 g/mol. The number of alkyl halides is 3. The molecule has 2 heterocycles. The van der Waals surface area contributed by atoms with Gasteiger partial charge in [0.05, 0.1) is 5.69 Å². The highest BCUT2D eigenvalue weighted by Gasteiger charge is 2.32. The molecule has 0 aliphatic heterocycles. The third kappa shape index (κ3) is 3.94. The quantitative estimate of drug-likeness (QED) is 0.731. The van der Waals surface area contributed by atoms with Crippen LogP contribution in [0.5, 0.6) is 0 Å². The van der Waals surface area contributed by atoms with Crippen molar-refractivity contribution in [2.75, 3.05) is 5.32 Å². The van der Waals surface area contributed by atoms with Gasteiger partial charge in [-0.1, -0.05) is 18.2 Å². The number of pyridine rings is 1. The first-order chi connectivity index (χ1) is 11.8. The number of hydrogen-bond donors (Lipinski definition) is 2. The second kappa shape index (κ2) is 6.52. The zero-order chi connectivity index (χ0) is 18.0. The van der Waals surface area contributed by atoms with Crippen LogP contribution in [0.1, 0.15) is 16.1 Å². The molecule has 3 aromatic rings. The number of benzene rings is 1. The molecule has 3 N–H and O–H groups in total. The van der Waals surface area contributed by atoms with Crippen LogP contribution in [0.3, 0.4) is 0 Å². The van der Waals surface area contributed by atoms with Crippen molar-refractivity contribution < 1.29 is 18.0 Å². The lowest BCUT2D eigenvalue weighted by Gasteiger charge is -2.07. The highest BCUT2D eigenvalue weighted by molar-refractivity contribution is 7.14. The third-order valence-corrected chi connectivity index (χ3v) is 3.98. The van der Waals surface area contributed by atoms with Crippen molar-refractivity contribution in [2.45, 2.75) is 6.18 Å². The van der Waals surface area contributed by atoms with Gasteiger partial charge in [0.25, 0.3) is 0 Å². The molecular weight excluding hydrogens is 353 g/mol. The predicted molar refractivity (Wildman–Crippen MR) is 88.6 cm³/mol. The number of thiazole rings is 1. The normalized spacial score (nSPS) is 11.3. The van der Waals surface area contributed by atoms with Crippen molar-refractivity contribution in [3.63, 3.8) is 0 Å². The Bertz CT molecular complexity index is 923. The van der Waals surface area contributed by atoms with E-state index in [0.717, 1.165) is 6.07 Å². The number of nitrogens with zero attached hydrogens (tertiary/aromatic N) is 2. The van der Waals surface area contributed by atoms with Gasteiger partial charge in [-0.2, -0.15) is 13.2 Å². The number of amides is 1. The molecule has 0 unspecified atom stereocenters. The molecule has 0 spiro atoms. The summed E-state index contributed by atoms with van der Waals surface area (Å²) in [6.07, 6.45) is -4.51. The van der Waals surface area contributed by atoms with Gasteiger partial charge in [-0.15, -0.1) is 11.3 Å². The van der Waals surface area contributed by atoms with E-state index in [0.29, 0.717) is 22.0 Å². The molecule has 0 radical (unpaired) electrons. The molecule has 25 heavy (non-hydrogen) atoms. The van der Waals surface area contributed by atoms with Crippen LogP contribution >= 0.6 is 11.3 Å². The Labute approximate surface area is 144 Å². The molecule has 0 aliphatic rings. The van der Waals surface area contributed by atoms with Gasteiger partial charge >= 0.3 is 6.18 Å². The summed E-state index contributed by atoms with van der Waals surface area (Å²) in [6, 6.07) is 10.2. The molecule has 0 saturated carbocycles. The maximum absolute atomic E-state index is 12.7. The topological polar surface area (TPSA) is 80.9 Å². The number of primary amides is 1. The standard InChI is InChI=1S/C16H11F3N4OS/c17-16(18,19)12-5-2-6-13(22-12)23-15-21-11(8-25-15)9-3-1-4-10(7-9)14(20)24/h1-8H,(H2,20,24)(H,21,22,23). The Morgan fingerprint density at radius 3 is 2.60 bits per heavy atom. The fourth-order valence-corrected chi connectivity index (χ4v) is 2.79. The maximum Gasteiger partial charge on any atom is 0.433 e. The summed E-state index contributed by atoms with van der Waals surface area (Å²) in [5.41, 5.74) is 5.86. The fraction of sp³-hybridized carbons (Fsp3) is 0.0625. The summed E-state index contributed by atoms with van der Waals surface area (Å²) in [4.78, 5) is 19.1. The van der Waals surface area contributed by atoms with Gasteiger partial charge in [-0.3, -0.25) is 4.79 Å². The number of carbonyl (C=O) groups excluding carboxylic acids is 1. The number of nitrogens with one attached hydrogen (secondary N) is 1. The summed E-state index contributed by atoms with van der Waals surface area (Å²) in [7, 11) is 0. The molecule has 3 rings (SSSR count). The molecule has 128 valence electrons. The largest absolute Gasteiger partial charge is 0.433 e. The minimum absolute atomic E-state index is 0.0432. The van der Waals surface area contributed by atoms with Crippen LogP contribution < -0.4 is 11.1 Å². The van der Waals surface area contributed by atoms with Crippen molar-refractivity contribution in [3.05, 3.63) is 59.1 Å². The van der Waals surface area contributed by atoms with Crippen LogP contribution in [0.2, 0.25) is 0 Å². The molecule has 1 amide bonds. The van der Waals surface area contributed by atoms with Gasteiger partial charge < -0.3 is 11.1 Å². The summed E-state index contributed by atoms with van der Waals surface area (Å²) >= 11 is 1.21. The predicted octanol–water partition coefficient (Wildman–Crippen LogP) is 4.07. The Morgan fingerprint density at radius 2 is 1.88 bits per heavy atom. The highest BCUT2D eigenvalue weighted by atomic mass is 32.1. The lowest BCUT2D eigenvalue weighted by molar-refractivity contribution is -0.141. The molecule has 5 nitrogen and oxygen atoms in total. The summed E-state index contributed by atoms with van der Waals surface area (Å²) in [5, 5.41) is 4.85. The van der Waals surface area contributed by atoms with Gasteiger partial charge in [-0.05, 0) is 24.3 Å². The number of aromatic nitrogens is 2. The number of anilines is 2. The van der Waals surface area contributed by atoms with Crippen molar-refractivity contribution >= 4 is 28.2 Å². The van der Waals surface area contributed by atoms with Crippen LogP contribution in [-0.2, 0) is 6.18 Å². The van der Waals surface area contributed by atoms with E-state index in [1.54, 1.807) is 29.6 Å². The first kappa shape index (κ1) is 16.9. The molecular formula is C16H11F3N4OS. The lowest BCUT2D eigenvalue weighted by Crippen LogP contribution is -2.10. The summed E-state index contributed by atoms with van der Waals surface area (Å²) < 4.78 is 38.1. The van der Waals surface area contributed by atoms with Crippen LogP contribution in [0, 0.1) is 0 Å². The van der Waals surface area contributed by atoms with Gasteiger partial charge in [0, 0.05) is 16.5 Å².